The van der Waals surface area contributed by atoms with Crippen LogP contribution in [0.3, 0.4) is 0 Å². The summed E-state index contributed by atoms with van der Waals surface area (Å²) < 4.78 is 12.4. The molecule has 0 unspecified atom stereocenters. The number of carbonyl (C=O) groups is 1. The minimum Gasteiger partial charge on any atom is -0.449 e. The fourth-order valence-corrected chi connectivity index (χ4v) is 4.76. The standard InChI is InChI=1S/C25H25N3O6/c1-14-11-28(24(31)27-23(14)30)20-13-33-21(22(20)29)10-26-25(32)34-12-19-17-8-4-2-6-15(17)16-7-3-5-9-18(16)19/h2-9,11,19-22,29H,10,12-13H2,1H3,(H,26,32)(H,27,30,31)/t20-,21-,22+/m0/s1. The van der Waals surface area contributed by atoms with Crippen molar-refractivity contribution >= 4 is 6.09 Å². The first-order valence-corrected chi connectivity index (χ1v) is 11.1. The fourth-order valence-electron chi connectivity index (χ4n) is 4.76. The van der Waals surface area contributed by atoms with E-state index < -0.39 is 35.6 Å². The predicted octanol–water partition coefficient (Wildman–Crippen LogP) is 1.68. The van der Waals surface area contributed by atoms with Gasteiger partial charge in [-0.3, -0.25) is 14.3 Å². The maximum absolute atomic E-state index is 12.4. The number of H-pyrrole nitrogens is 1. The predicted molar refractivity (Wildman–Crippen MR) is 124 cm³/mol. The lowest BCUT2D eigenvalue weighted by Gasteiger charge is -2.20. The van der Waals surface area contributed by atoms with Gasteiger partial charge in [-0.05, 0) is 29.2 Å². The molecule has 9 nitrogen and oxygen atoms in total. The van der Waals surface area contributed by atoms with Crippen LogP contribution in [-0.4, -0.2) is 52.7 Å². The molecule has 0 spiro atoms. The van der Waals surface area contributed by atoms with Crippen molar-refractivity contribution in [1.82, 2.24) is 14.9 Å². The second-order valence-corrected chi connectivity index (χ2v) is 8.61. The molecule has 1 saturated heterocycles. The van der Waals surface area contributed by atoms with Gasteiger partial charge in [0.05, 0.1) is 12.6 Å². The number of rotatable bonds is 5. The molecule has 176 valence electrons. The summed E-state index contributed by atoms with van der Waals surface area (Å²) in [5, 5.41) is 13.3. The highest BCUT2D eigenvalue weighted by molar-refractivity contribution is 5.79. The van der Waals surface area contributed by atoms with Gasteiger partial charge in [-0.1, -0.05) is 48.5 Å². The number of nitrogens with one attached hydrogen (secondary N) is 2. The molecule has 2 aliphatic rings. The third-order valence-electron chi connectivity index (χ3n) is 6.55. The zero-order valence-electron chi connectivity index (χ0n) is 18.6. The van der Waals surface area contributed by atoms with Crippen LogP contribution in [0.2, 0.25) is 0 Å². The number of aryl methyl sites for hydroxylation is 1. The van der Waals surface area contributed by atoms with Gasteiger partial charge in [0, 0.05) is 24.2 Å². The number of ether oxygens (including phenoxy) is 2. The largest absolute Gasteiger partial charge is 0.449 e. The van der Waals surface area contributed by atoms with Crippen LogP contribution in [-0.2, 0) is 9.47 Å². The SMILES string of the molecule is Cc1cn([C@H]2CO[C@@H](CNC(=O)OCC3c4ccccc4-c4ccccc43)[C@@H]2O)c(=O)[nH]c1=O. The molecule has 0 radical (unpaired) electrons. The fraction of sp³-hybridized carbons (Fsp3) is 0.320. The van der Waals surface area contributed by atoms with Gasteiger partial charge in [-0.25, -0.2) is 9.59 Å². The zero-order valence-corrected chi connectivity index (χ0v) is 18.6. The van der Waals surface area contributed by atoms with Gasteiger partial charge in [0.25, 0.3) is 5.56 Å². The number of nitrogens with zero attached hydrogens (tertiary/aromatic N) is 1. The second kappa shape index (κ2) is 8.92. The number of aliphatic hydroxyl groups excluding tert-OH is 1. The number of amides is 1. The van der Waals surface area contributed by atoms with Gasteiger partial charge in [0.2, 0.25) is 0 Å². The summed E-state index contributed by atoms with van der Waals surface area (Å²) in [4.78, 5) is 38.4. The van der Waals surface area contributed by atoms with Crippen LogP contribution in [0.1, 0.15) is 28.7 Å². The van der Waals surface area contributed by atoms with Gasteiger partial charge in [-0.15, -0.1) is 0 Å². The van der Waals surface area contributed by atoms with Crippen molar-refractivity contribution < 1.29 is 19.4 Å². The van der Waals surface area contributed by atoms with Crippen molar-refractivity contribution in [2.75, 3.05) is 19.8 Å². The quantitative estimate of drug-likeness (QED) is 0.529. The van der Waals surface area contributed by atoms with E-state index in [1.807, 2.05) is 36.4 Å². The molecule has 9 heteroatoms. The summed E-state index contributed by atoms with van der Waals surface area (Å²) in [5.74, 6) is -0.0498. The number of aromatic nitrogens is 2. The van der Waals surface area contributed by atoms with Gasteiger partial charge >= 0.3 is 11.8 Å². The van der Waals surface area contributed by atoms with Crippen molar-refractivity contribution in [3.8, 4) is 11.1 Å². The molecule has 1 fully saturated rings. The van der Waals surface area contributed by atoms with Gasteiger partial charge in [-0.2, -0.15) is 0 Å². The summed E-state index contributed by atoms with van der Waals surface area (Å²) in [6.07, 6.45) is -0.973. The zero-order chi connectivity index (χ0) is 23.8. The minimum atomic E-state index is -1.04. The molecule has 1 aliphatic carbocycles. The molecule has 3 N–H and O–H groups in total. The molecule has 34 heavy (non-hydrogen) atoms. The number of hydrogen-bond acceptors (Lipinski definition) is 6. The van der Waals surface area contributed by atoms with E-state index in [1.54, 1.807) is 6.92 Å². The van der Waals surface area contributed by atoms with E-state index in [1.165, 1.54) is 10.8 Å². The van der Waals surface area contributed by atoms with Crippen LogP contribution < -0.4 is 16.6 Å². The van der Waals surface area contributed by atoms with Crippen molar-refractivity contribution in [1.29, 1.82) is 0 Å². The van der Waals surface area contributed by atoms with Crippen LogP contribution in [0.25, 0.3) is 11.1 Å². The van der Waals surface area contributed by atoms with Crippen LogP contribution in [0.5, 0.6) is 0 Å². The van der Waals surface area contributed by atoms with Gasteiger partial charge < -0.3 is 19.9 Å². The Balaban J connectivity index is 1.19. The van der Waals surface area contributed by atoms with Crippen LogP contribution in [0.15, 0.2) is 64.3 Å². The highest BCUT2D eigenvalue weighted by Gasteiger charge is 2.38. The van der Waals surface area contributed by atoms with Crippen LogP contribution >= 0.6 is 0 Å². The van der Waals surface area contributed by atoms with E-state index in [0.29, 0.717) is 5.56 Å². The van der Waals surface area contributed by atoms with Crippen molar-refractivity contribution in [3.63, 3.8) is 0 Å². The van der Waals surface area contributed by atoms with Crippen molar-refractivity contribution in [3.05, 3.63) is 92.3 Å². The molecule has 3 atom stereocenters. The lowest BCUT2D eigenvalue weighted by atomic mass is 9.98. The molecule has 0 saturated carbocycles. The number of alkyl carbamates (subject to hydrolysis) is 1. The Hall–Kier alpha value is -3.69. The third kappa shape index (κ3) is 3.93. The van der Waals surface area contributed by atoms with Gasteiger partial charge in [0.15, 0.2) is 0 Å². The van der Waals surface area contributed by atoms with E-state index in [-0.39, 0.29) is 25.7 Å². The number of hydrogen-bond donors (Lipinski definition) is 3. The number of benzene rings is 2. The molecule has 0 bridgehead atoms. The van der Waals surface area contributed by atoms with E-state index in [9.17, 15) is 19.5 Å². The normalized spacial score (nSPS) is 21.2. The molecular weight excluding hydrogens is 438 g/mol. The number of fused-ring (bicyclic) bond motifs is 3. The Morgan fingerprint density at radius 3 is 2.47 bits per heavy atom. The van der Waals surface area contributed by atoms with Crippen LogP contribution in [0.4, 0.5) is 4.79 Å². The lowest BCUT2D eigenvalue weighted by molar-refractivity contribution is 0.0384. The summed E-state index contributed by atoms with van der Waals surface area (Å²) in [6, 6.07) is 15.5. The first-order chi connectivity index (χ1) is 16.4. The number of carbonyl (C=O) groups excluding carboxylic acids is 1. The average Bonchev–Trinajstić information content (AvgIpc) is 3.36. The molecular formula is C25H25N3O6. The molecule has 2 heterocycles. The minimum absolute atomic E-state index is 0.0193. The number of aromatic amines is 1. The second-order valence-electron chi connectivity index (χ2n) is 8.61. The van der Waals surface area contributed by atoms with E-state index in [4.69, 9.17) is 9.47 Å². The third-order valence-corrected chi connectivity index (χ3v) is 6.55. The Morgan fingerprint density at radius 2 is 1.79 bits per heavy atom. The van der Waals surface area contributed by atoms with Crippen molar-refractivity contribution in [2.24, 2.45) is 0 Å². The Morgan fingerprint density at radius 1 is 1.15 bits per heavy atom. The summed E-state index contributed by atoms with van der Waals surface area (Å²) >= 11 is 0. The highest BCUT2D eigenvalue weighted by atomic mass is 16.6. The molecule has 5 rings (SSSR count). The first-order valence-electron chi connectivity index (χ1n) is 11.1. The molecule has 1 aromatic heterocycles. The maximum atomic E-state index is 12.4. The molecule has 1 aliphatic heterocycles. The smallest absolute Gasteiger partial charge is 0.407 e. The average molecular weight is 463 g/mol. The Bertz CT molecular complexity index is 1300. The molecule has 3 aromatic rings. The summed E-state index contributed by atoms with van der Waals surface area (Å²) in [5.41, 5.74) is 3.80. The number of aliphatic hydroxyl groups is 1. The Labute approximate surface area is 195 Å². The van der Waals surface area contributed by atoms with Gasteiger partial charge in [0.1, 0.15) is 18.8 Å². The lowest BCUT2D eigenvalue weighted by Crippen LogP contribution is -2.42. The maximum Gasteiger partial charge on any atom is 0.407 e. The van der Waals surface area contributed by atoms with E-state index in [0.717, 1.165) is 22.3 Å². The van der Waals surface area contributed by atoms with E-state index in [2.05, 4.69) is 22.4 Å². The molecule has 2 aromatic carbocycles. The summed E-state index contributed by atoms with van der Waals surface area (Å²) in [7, 11) is 0. The monoisotopic (exact) mass is 463 g/mol. The topological polar surface area (TPSA) is 123 Å². The summed E-state index contributed by atoms with van der Waals surface area (Å²) in [6.45, 7) is 1.85. The highest BCUT2D eigenvalue weighted by Crippen LogP contribution is 2.44. The Kier molecular flexibility index (Phi) is 5.80. The first kappa shape index (κ1) is 22.1. The van der Waals surface area contributed by atoms with Crippen molar-refractivity contribution in [2.45, 2.75) is 31.1 Å². The van der Waals surface area contributed by atoms with E-state index >= 15 is 0 Å². The van der Waals surface area contributed by atoms with Crippen LogP contribution in [0, 0.1) is 6.92 Å². The molecule has 1 amide bonds.